The highest BCUT2D eigenvalue weighted by atomic mass is 19.4. The van der Waals surface area contributed by atoms with Gasteiger partial charge >= 0.3 is 12.4 Å². The Morgan fingerprint density at radius 2 is 1.77 bits per heavy atom. The molecule has 5 amide bonds. The average Bonchev–Trinajstić information content (AvgIpc) is 3.77. The minimum atomic E-state index is -4.97. The van der Waals surface area contributed by atoms with Gasteiger partial charge in [0.05, 0.1) is 23.6 Å². The monoisotopic (exact) mass is 734 g/mol. The van der Waals surface area contributed by atoms with Gasteiger partial charge in [-0.25, -0.2) is 9.78 Å². The second kappa shape index (κ2) is 14.9. The molecule has 3 N–H and O–H groups in total. The zero-order valence-corrected chi connectivity index (χ0v) is 29.2. The summed E-state index contributed by atoms with van der Waals surface area (Å²) < 4.78 is 45.5. The molecule has 3 fully saturated rings. The average molecular weight is 735 g/mol. The summed E-state index contributed by atoms with van der Waals surface area (Å²) in [5.74, 6) is 0.207. The molecule has 3 aliphatic rings. The number of hydrogen-bond acceptors (Lipinski definition) is 7. The van der Waals surface area contributed by atoms with Crippen LogP contribution in [0.4, 0.5) is 23.7 Å². The standard InChI is InChI=1S/C37H41F3N8O5/c1-23-16-31(48(20-23)33(51)19-41-21-49)35-43-30-7-3-25-17-24(2-5-29(25)34(30)44-35)28-6-4-26(18-32(28)53-37(38,39)40)42-36(52)47-14-12-46(13-15-47)27-8-10-45(22-50)11-9-27/h2-7,17-18,21-23,27,31H,8-16,19-20H2,1H3,(H,41,49)(H,42,52)(H,43,44). The molecule has 0 saturated carbocycles. The number of piperidine rings is 1. The zero-order valence-electron chi connectivity index (χ0n) is 29.2. The molecule has 0 aliphatic carbocycles. The number of likely N-dealkylation sites (tertiary alicyclic amines) is 2. The van der Waals surface area contributed by atoms with E-state index >= 15 is 0 Å². The van der Waals surface area contributed by atoms with Crippen molar-refractivity contribution in [3.05, 3.63) is 54.4 Å². The Hall–Kier alpha value is -5.38. The van der Waals surface area contributed by atoms with Crippen molar-refractivity contribution >= 4 is 52.3 Å². The molecule has 1 aromatic heterocycles. The Balaban J connectivity index is 1.08. The fourth-order valence-electron chi connectivity index (χ4n) is 7.85. The molecule has 3 aromatic carbocycles. The lowest BCUT2D eigenvalue weighted by molar-refractivity contribution is -0.274. The van der Waals surface area contributed by atoms with Crippen molar-refractivity contribution in [3.63, 3.8) is 0 Å². The lowest BCUT2D eigenvalue weighted by Crippen LogP contribution is -2.54. The van der Waals surface area contributed by atoms with Crippen molar-refractivity contribution in [2.45, 2.75) is 44.6 Å². The Labute approximate surface area is 303 Å². The first-order valence-corrected chi connectivity index (χ1v) is 17.8. The van der Waals surface area contributed by atoms with Crippen molar-refractivity contribution in [1.82, 2.24) is 34.9 Å². The van der Waals surface area contributed by atoms with Gasteiger partial charge in [-0.1, -0.05) is 25.1 Å². The van der Waals surface area contributed by atoms with Crippen molar-refractivity contribution in [2.75, 3.05) is 57.7 Å². The van der Waals surface area contributed by atoms with Crippen LogP contribution < -0.4 is 15.4 Å². The van der Waals surface area contributed by atoms with E-state index < -0.39 is 18.1 Å². The fraction of sp³-hybridized carbons (Fsp3) is 0.432. The van der Waals surface area contributed by atoms with Gasteiger partial charge in [-0.15, -0.1) is 13.2 Å². The molecule has 4 heterocycles. The number of rotatable bonds is 9. The number of anilines is 1. The van der Waals surface area contributed by atoms with E-state index in [1.807, 2.05) is 12.1 Å². The summed E-state index contributed by atoms with van der Waals surface area (Å²) in [6.45, 7) is 6.21. The van der Waals surface area contributed by atoms with Crippen LogP contribution in [0.5, 0.6) is 5.75 Å². The van der Waals surface area contributed by atoms with Gasteiger partial charge in [0, 0.05) is 74.6 Å². The number of urea groups is 1. The lowest BCUT2D eigenvalue weighted by Gasteiger charge is -2.42. The minimum absolute atomic E-state index is 0.103. The number of nitrogens with zero attached hydrogens (tertiary/aromatic N) is 5. The molecule has 53 heavy (non-hydrogen) atoms. The number of H-pyrrole nitrogens is 1. The molecule has 3 aliphatic heterocycles. The summed E-state index contributed by atoms with van der Waals surface area (Å²) in [6, 6.07) is 12.9. The molecule has 2 unspecified atom stereocenters. The van der Waals surface area contributed by atoms with Gasteiger partial charge in [0.25, 0.3) is 0 Å². The Bertz CT molecular complexity index is 2010. The second-order valence-corrected chi connectivity index (χ2v) is 14.0. The summed E-state index contributed by atoms with van der Waals surface area (Å²) in [5, 5.41) is 6.68. The number of benzene rings is 3. The number of nitrogens with one attached hydrogen (secondary N) is 3. The molecule has 0 spiro atoms. The highest BCUT2D eigenvalue weighted by Crippen LogP contribution is 2.39. The van der Waals surface area contributed by atoms with Crippen LogP contribution in [0.25, 0.3) is 32.9 Å². The molecule has 13 nitrogen and oxygen atoms in total. The summed E-state index contributed by atoms with van der Waals surface area (Å²) in [7, 11) is 0. The SMILES string of the molecule is CC1CC(c2nc3c(ccc4cc(-c5ccc(NC(=O)N6CCN(C7CCN(C=O)CC7)CC6)cc5OC(F)(F)F)ccc43)[nH]2)N(C(=O)CNC=O)C1. The molecule has 2 atom stereocenters. The fourth-order valence-corrected chi connectivity index (χ4v) is 7.85. The van der Waals surface area contributed by atoms with Gasteiger partial charge in [-0.05, 0) is 60.4 Å². The lowest BCUT2D eigenvalue weighted by atomic mass is 9.99. The second-order valence-electron chi connectivity index (χ2n) is 14.0. The number of hydrogen-bond donors (Lipinski definition) is 3. The third-order valence-electron chi connectivity index (χ3n) is 10.5. The van der Waals surface area contributed by atoms with E-state index in [0.29, 0.717) is 81.6 Å². The summed E-state index contributed by atoms with van der Waals surface area (Å²) in [4.78, 5) is 63.5. The normalized spacial score (nSPS) is 20.2. The topological polar surface area (TPSA) is 143 Å². The number of amides is 5. The first kappa shape index (κ1) is 36.0. The maximum atomic E-state index is 13.7. The predicted octanol–water partition coefficient (Wildman–Crippen LogP) is 4.71. The van der Waals surface area contributed by atoms with Crippen molar-refractivity contribution in [2.24, 2.45) is 5.92 Å². The summed E-state index contributed by atoms with van der Waals surface area (Å²) in [5.41, 5.74) is 2.25. The Morgan fingerprint density at radius 3 is 2.49 bits per heavy atom. The zero-order chi connectivity index (χ0) is 37.3. The number of aromatic nitrogens is 2. The van der Waals surface area contributed by atoms with Crippen LogP contribution in [0.15, 0.2) is 48.5 Å². The number of carbonyl (C=O) groups excluding carboxylic acids is 4. The number of aromatic amines is 1. The molecule has 0 bridgehead atoms. The van der Waals surface area contributed by atoms with Crippen LogP contribution in [0, 0.1) is 5.92 Å². The molecular formula is C37H41F3N8O5. The van der Waals surface area contributed by atoms with Crippen LogP contribution in [0.1, 0.15) is 38.1 Å². The molecule has 16 heteroatoms. The highest BCUT2D eigenvalue weighted by Gasteiger charge is 2.36. The van der Waals surface area contributed by atoms with Crippen LogP contribution in [0.3, 0.4) is 0 Å². The van der Waals surface area contributed by atoms with Crippen LogP contribution in [-0.2, 0) is 14.4 Å². The molecular weight excluding hydrogens is 693 g/mol. The van der Waals surface area contributed by atoms with Crippen LogP contribution in [0.2, 0.25) is 0 Å². The number of alkyl halides is 3. The van der Waals surface area contributed by atoms with Gasteiger partial charge < -0.3 is 35.1 Å². The van der Waals surface area contributed by atoms with E-state index in [4.69, 9.17) is 4.98 Å². The molecule has 4 aromatic rings. The first-order chi connectivity index (χ1) is 25.5. The number of ether oxygens (including phenoxy) is 1. The Kier molecular flexibility index (Phi) is 10.1. The van der Waals surface area contributed by atoms with E-state index in [9.17, 15) is 32.3 Å². The van der Waals surface area contributed by atoms with Crippen molar-refractivity contribution in [1.29, 1.82) is 0 Å². The molecule has 0 radical (unpaired) electrons. The van der Waals surface area contributed by atoms with E-state index in [2.05, 4.69) is 32.2 Å². The van der Waals surface area contributed by atoms with Gasteiger partial charge in [-0.2, -0.15) is 0 Å². The molecule has 7 rings (SSSR count). The number of carbonyl (C=O) groups is 4. The van der Waals surface area contributed by atoms with E-state index in [-0.39, 0.29) is 35.7 Å². The van der Waals surface area contributed by atoms with Gasteiger partial charge in [0.2, 0.25) is 18.7 Å². The number of imidazole rings is 1. The van der Waals surface area contributed by atoms with Gasteiger partial charge in [0.1, 0.15) is 11.6 Å². The van der Waals surface area contributed by atoms with E-state index in [0.717, 1.165) is 35.5 Å². The van der Waals surface area contributed by atoms with Gasteiger partial charge in [-0.3, -0.25) is 19.3 Å². The Morgan fingerprint density at radius 1 is 1.00 bits per heavy atom. The number of fused-ring (bicyclic) bond motifs is 3. The highest BCUT2D eigenvalue weighted by molar-refractivity contribution is 6.05. The third-order valence-corrected chi connectivity index (χ3v) is 10.5. The maximum absolute atomic E-state index is 13.7. The van der Waals surface area contributed by atoms with Crippen molar-refractivity contribution < 1.29 is 37.1 Å². The smallest absolute Gasteiger partial charge is 0.405 e. The minimum Gasteiger partial charge on any atom is -0.405 e. The van der Waals surface area contributed by atoms with E-state index in [1.165, 1.54) is 12.1 Å². The number of piperazine rings is 1. The molecule has 3 saturated heterocycles. The van der Waals surface area contributed by atoms with E-state index in [1.54, 1.807) is 39.0 Å². The number of halogens is 3. The predicted molar refractivity (Wildman–Crippen MR) is 191 cm³/mol. The summed E-state index contributed by atoms with van der Waals surface area (Å²) >= 11 is 0. The maximum Gasteiger partial charge on any atom is 0.573 e. The van der Waals surface area contributed by atoms with Crippen LogP contribution in [-0.4, -0.2) is 119 Å². The van der Waals surface area contributed by atoms with Crippen LogP contribution >= 0.6 is 0 Å². The summed E-state index contributed by atoms with van der Waals surface area (Å²) in [6.07, 6.45) is -1.13. The van der Waals surface area contributed by atoms with Crippen molar-refractivity contribution in [3.8, 4) is 16.9 Å². The largest absolute Gasteiger partial charge is 0.573 e. The van der Waals surface area contributed by atoms with Gasteiger partial charge in [0.15, 0.2) is 0 Å². The first-order valence-electron chi connectivity index (χ1n) is 17.8. The third kappa shape index (κ3) is 7.87. The molecule has 280 valence electrons. The quantitative estimate of drug-likeness (QED) is 0.212.